The minimum atomic E-state index is 0.693. The van der Waals surface area contributed by atoms with E-state index < -0.39 is 0 Å². The molecule has 0 saturated heterocycles. The zero-order valence-electron chi connectivity index (χ0n) is 13.5. The van der Waals surface area contributed by atoms with E-state index in [1.165, 1.54) is 0 Å². The van der Waals surface area contributed by atoms with Crippen LogP contribution in [0.1, 0.15) is 12.5 Å². The van der Waals surface area contributed by atoms with Crippen LogP contribution in [0.3, 0.4) is 0 Å². The van der Waals surface area contributed by atoms with Crippen LogP contribution in [0.5, 0.6) is 11.5 Å². The lowest BCUT2D eigenvalue weighted by Crippen LogP contribution is -2.33. The van der Waals surface area contributed by atoms with Crippen molar-refractivity contribution in [1.82, 2.24) is 9.80 Å². The maximum absolute atomic E-state index is 5.77. The highest BCUT2D eigenvalue weighted by atomic mass is 16.5. The third kappa shape index (κ3) is 5.80. The van der Waals surface area contributed by atoms with Crippen LogP contribution in [0.25, 0.3) is 0 Å². The smallest absolute Gasteiger partial charge is 0.125 e. The van der Waals surface area contributed by atoms with Crippen LogP contribution in [0.4, 0.5) is 0 Å². The molecule has 20 heavy (non-hydrogen) atoms. The summed E-state index contributed by atoms with van der Waals surface area (Å²) in [6.45, 7) is 9.06. The molecule has 4 heteroatoms. The van der Waals surface area contributed by atoms with E-state index >= 15 is 0 Å². The Bertz CT molecular complexity index is 396. The average Bonchev–Trinajstić information content (AvgIpc) is 2.46. The Hall–Kier alpha value is -1.26. The van der Waals surface area contributed by atoms with Crippen LogP contribution in [0.2, 0.25) is 0 Å². The van der Waals surface area contributed by atoms with Crippen LogP contribution in [0.15, 0.2) is 18.2 Å². The monoisotopic (exact) mass is 280 g/mol. The van der Waals surface area contributed by atoms with Crippen molar-refractivity contribution in [3.05, 3.63) is 23.8 Å². The molecule has 0 aliphatic carbocycles. The molecule has 0 atom stereocenters. The number of hydrogen-bond donors (Lipinski definition) is 0. The van der Waals surface area contributed by atoms with Crippen LogP contribution < -0.4 is 9.47 Å². The minimum Gasteiger partial charge on any atom is -0.496 e. The van der Waals surface area contributed by atoms with E-state index in [1.807, 2.05) is 25.1 Å². The van der Waals surface area contributed by atoms with Crippen LogP contribution in [0, 0.1) is 6.92 Å². The molecule has 0 fully saturated rings. The molecule has 0 aromatic heterocycles. The quantitative estimate of drug-likeness (QED) is 0.693. The highest BCUT2D eigenvalue weighted by Gasteiger charge is 2.03. The largest absolute Gasteiger partial charge is 0.496 e. The van der Waals surface area contributed by atoms with Crippen LogP contribution in [-0.4, -0.2) is 63.8 Å². The molecule has 1 rings (SSSR count). The summed E-state index contributed by atoms with van der Waals surface area (Å²) in [7, 11) is 5.95. The van der Waals surface area contributed by atoms with Gasteiger partial charge in [-0.15, -0.1) is 0 Å². The van der Waals surface area contributed by atoms with Gasteiger partial charge in [-0.25, -0.2) is 0 Å². The predicted molar refractivity (Wildman–Crippen MR) is 83.9 cm³/mol. The Morgan fingerprint density at radius 2 is 1.75 bits per heavy atom. The number of likely N-dealkylation sites (N-methyl/N-ethyl adjacent to an activating group) is 2. The Morgan fingerprint density at radius 3 is 2.40 bits per heavy atom. The lowest BCUT2D eigenvalue weighted by Gasteiger charge is -2.21. The molecular formula is C16H28N2O2. The molecule has 0 aliphatic rings. The molecule has 0 heterocycles. The summed E-state index contributed by atoms with van der Waals surface area (Å²) in [5.41, 5.74) is 1.12. The molecule has 1 aromatic carbocycles. The number of hydrogen-bond acceptors (Lipinski definition) is 4. The van der Waals surface area contributed by atoms with Gasteiger partial charge in [-0.1, -0.05) is 13.0 Å². The van der Waals surface area contributed by atoms with E-state index in [-0.39, 0.29) is 0 Å². The van der Waals surface area contributed by atoms with E-state index in [4.69, 9.17) is 9.47 Å². The van der Waals surface area contributed by atoms with E-state index in [9.17, 15) is 0 Å². The summed E-state index contributed by atoms with van der Waals surface area (Å²) in [4.78, 5) is 4.60. The van der Waals surface area contributed by atoms with E-state index in [2.05, 4.69) is 30.8 Å². The number of methoxy groups -OCH3 is 1. The summed E-state index contributed by atoms with van der Waals surface area (Å²) in [5, 5.41) is 0. The lowest BCUT2D eigenvalue weighted by atomic mass is 10.2. The number of nitrogens with zero attached hydrogens (tertiary/aromatic N) is 2. The van der Waals surface area contributed by atoms with Crippen molar-refractivity contribution in [2.45, 2.75) is 13.8 Å². The third-order valence-corrected chi connectivity index (χ3v) is 3.52. The molecule has 0 amide bonds. The van der Waals surface area contributed by atoms with Crippen molar-refractivity contribution < 1.29 is 9.47 Å². The highest BCUT2D eigenvalue weighted by molar-refractivity contribution is 5.39. The van der Waals surface area contributed by atoms with Gasteiger partial charge in [0.15, 0.2) is 0 Å². The van der Waals surface area contributed by atoms with Crippen molar-refractivity contribution in [2.24, 2.45) is 0 Å². The Labute approximate surface area is 123 Å². The Kier molecular flexibility index (Phi) is 7.41. The molecule has 0 unspecified atom stereocenters. The molecule has 0 radical (unpaired) electrons. The molecule has 0 saturated carbocycles. The second-order valence-electron chi connectivity index (χ2n) is 5.18. The summed E-state index contributed by atoms with van der Waals surface area (Å²) in [6, 6.07) is 5.96. The van der Waals surface area contributed by atoms with Gasteiger partial charge in [-0.2, -0.15) is 0 Å². The van der Waals surface area contributed by atoms with E-state index in [0.29, 0.717) is 6.61 Å². The van der Waals surface area contributed by atoms with Crippen molar-refractivity contribution in [1.29, 1.82) is 0 Å². The Morgan fingerprint density at radius 1 is 1.05 bits per heavy atom. The molecule has 4 nitrogen and oxygen atoms in total. The predicted octanol–water partition coefficient (Wildman–Crippen LogP) is 2.27. The number of aryl methyl sites for hydroxylation is 1. The third-order valence-electron chi connectivity index (χ3n) is 3.52. The molecule has 1 aromatic rings. The second kappa shape index (κ2) is 8.82. The summed E-state index contributed by atoms with van der Waals surface area (Å²) >= 11 is 0. The van der Waals surface area contributed by atoms with Gasteiger partial charge in [-0.3, -0.25) is 0 Å². The van der Waals surface area contributed by atoms with Gasteiger partial charge in [0.05, 0.1) is 7.11 Å². The molecule has 0 bridgehead atoms. The SMILES string of the molecule is CCN(C)CCN(C)CCOc1ccc(C)c(OC)c1. The molecule has 0 aliphatic heterocycles. The maximum Gasteiger partial charge on any atom is 0.125 e. The number of benzene rings is 1. The van der Waals surface area contributed by atoms with Crippen LogP contribution >= 0.6 is 0 Å². The van der Waals surface area contributed by atoms with Crippen molar-refractivity contribution in [2.75, 3.05) is 54.0 Å². The maximum atomic E-state index is 5.77. The topological polar surface area (TPSA) is 24.9 Å². The van der Waals surface area contributed by atoms with Gasteiger partial charge in [0.2, 0.25) is 0 Å². The first-order valence-electron chi connectivity index (χ1n) is 7.21. The van der Waals surface area contributed by atoms with Crippen LogP contribution in [-0.2, 0) is 0 Å². The minimum absolute atomic E-state index is 0.693. The van der Waals surface area contributed by atoms with Gasteiger partial charge in [0.1, 0.15) is 18.1 Å². The van der Waals surface area contributed by atoms with Gasteiger partial charge < -0.3 is 19.3 Å². The molecule has 114 valence electrons. The Balaban J connectivity index is 2.30. The molecule has 0 N–H and O–H groups in total. The first-order chi connectivity index (χ1) is 9.56. The average molecular weight is 280 g/mol. The van der Waals surface area contributed by atoms with Gasteiger partial charge in [0, 0.05) is 25.7 Å². The number of ether oxygens (including phenoxy) is 2. The zero-order valence-corrected chi connectivity index (χ0v) is 13.5. The van der Waals surface area contributed by atoms with E-state index in [0.717, 1.165) is 43.2 Å². The first-order valence-corrected chi connectivity index (χ1v) is 7.21. The summed E-state index contributed by atoms with van der Waals surface area (Å²) in [6.07, 6.45) is 0. The van der Waals surface area contributed by atoms with Crippen molar-refractivity contribution >= 4 is 0 Å². The fraction of sp³-hybridized carbons (Fsp3) is 0.625. The van der Waals surface area contributed by atoms with Crippen molar-refractivity contribution in [3.8, 4) is 11.5 Å². The molecule has 0 spiro atoms. The fourth-order valence-corrected chi connectivity index (χ4v) is 1.82. The second-order valence-corrected chi connectivity index (χ2v) is 5.18. The summed E-state index contributed by atoms with van der Waals surface area (Å²) < 4.78 is 11.1. The summed E-state index contributed by atoms with van der Waals surface area (Å²) in [5.74, 6) is 1.74. The lowest BCUT2D eigenvalue weighted by molar-refractivity contribution is 0.215. The van der Waals surface area contributed by atoms with Gasteiger partial charge in [-0.05, 0) is 39.2 Å². The standard InChI is InChI=1S/C16H28N2O2/c1-6-17(3)9-10-18(4)11-12-20-15-8-7-14(2)16(13-15)19-5/h7-8,13H,6,9-12H2,1-5H3. The van der Waals surface area contributed by atoms with Gasteiger partial charge in [0.25, 0.3) is 0 Å². The first kappa shape index (κ1) is 16.8. The zero-order chi connectivity index (χ0) is 15.0. The molecular weight excluding hydrogens is 252 g/mol. The van der Waals surface area contributed by atoms with Gasteiger partial charge >= 0.3 is 0 Å². The normalized spacial score (nSPS) is 11.2. The number of rotatable bonds is 9. The van der Waals surface area contributed by atoms with E-state index in [1.54, 1.807) is 7.11 Å². The van der Waals surface area contributed by atoms with Crippen molar-refractivity contribution in [3.63, 3.8) is 0 Å². The fourth-order valence-electron chi connectivity index (χ4n) is 1.82. The highest BCUT2D eigenvalue weighted by Crippen LogP contribution is 2.23.